The molecule has 2 heterocycles. The van der Waals surface area contributed by atoms with Crippen LogP contribution in [-0.2, 0) is 11.3 Å². The van der Waals surface area contributed by atoms with Crippen molar-refractivity contribution in [1.82, 2.24) is 10.3 Å². The first kappa shape index (κ1) is 12.6. The van der Waals surface area contributed by atoms with E-state index in [-0.39, 0.29) is 0 Å². The van der Waals surface area contributed by atoms with Crippen molar-refractivity contribution in [3.8, 4) is 5.88 Å². The number of halogens is 1. The number of nitrogens with zero attached hydrogens (tertiary/aromatic N) is 1. The largest absolute Gasteiger partial charge is 0.477 e. The number of ether oxygens (including phenoxy) is 2. The summed E-state index contributed by atoms with van der Waals surface area (Å²) in [4.78, 5) is 4.16. The van der Waals surface area contributed by atoms with Crippen LogP contribution in [0.25, 0.3) is 0 Å². The maximum Gasteiger partial charge on any atom is 0.213 e. The minimum Gasteiger partial charge on any atom is -0.477 e. The van der Waals surface area contributed by atoms with Gasteiger partial charge in [0.15, 0.2) is 0 Å². The monoisotopic (exact) mass is 256 g/mol. The molecule has 0 spiro atoms. The Balaban J connectivity index is 1.93. The molecule has 94 valence electrons. The Bertz CT molecular complexity index is 368. The number of hydrogen-bond donors (Lipinski definition) is 1. The predicted octanol–water partition coefficient (Wildman–Crippen LogP) is 1.87. The molecule has 0 radical (unpaired) electrons. The van der Waals surface area contributed by atoms with Gasteiger partial charge in [-0.2, -0.15) is 0 Å². The first-order valence-corrected chi connectivity index (χ1v) is 6.17. The van der Waals surface area contributed by atoms with Gasteiger partial charge in [-0.05, 0) is 19.0 Å². The van der Waals surface area contributed by atoms with Crippen LogP contribution < -0.4 is 10.1 Å². The van der Waals surface area contributed by atoms with E-state index in [1.165, 1.54) is 0 Å². The van der Waals surface area contributed by atoms with Gasteiger partial charge in [0, 0.05) is 31.3 Å². The van der Waals surface area contributed by atoms with Crippen LogP contribution in [0.2, 0.25) is 5.02 Å². The third kappa shape index (κ3) is 3.56. The maximum absolute atomic E-state index is 6.02. The second kappa shape index (κ2) is 6.19. The fourth-order valence-electron chi connectivity index (χ4n) is 1.78. The zero-order valence-electron chi connectivity index (χ0n) is 9.91. The number of aromatic nitrogens is 1. The Hall–Kier alpha value is -0.840. The highest BCUT2D eigenvalue weighted by Crippen LogP contribution is 2.20. The SMILES string of the molecule is CNCc1cc(OCC2CCOC2)ncc1Cl. The number of pyridine rings is 1. The fourth-order valence-corrected chi connectivity index (χ4v) is 1.95. The maximum atomic E-state index is 6.02. The molecule has 1 aromatic rings. The summed E-state index contributed by atoms with van der Waals surface area (Å²) in [5.41, 5.74) is 1.00. The van der Waals surface area contributed by atoms with Crippen LogP contribution >= 0.6 is 11.6 Å². The lowest BCUT2D eigenvalue weighted by Crippen LogP contribution is -2.13. The van der Waals surface area contributed by atoms with Gasteiger partial charge in [0.1, 0.15) is 0 Å². The molecule has 1 unspecified atom stereocenters. The van der Waals surface area contributed by atoms with Crippen LogP contribution in [-0.4, -0.2) is 31.9 Å². The lowest BCUT2D eigenvalue weighted by molar-refractivity contribution is 0.165. The minimum absolute atomic E-state index is 0.486. The van der Waals surface area contributed by atoms with Gasteiger partial charge in [-0.25, -0.2) is 4.98 Å². The van der Waals surface area contributed by atoms with Crippen LogP contribution in [0.4, 0.5) is 0 Å². The van der Waals surface area contributed by atoms with Crippen molar-refractivity contribution < 1.29 is 9.47 Å². The van der Waals surface area contributed by atoms with E-state index in [1.54, 1.807) is 6.20 Å². The Kier molecular flexibility index (Phi) is 4.59. The van der Waals surface area contributed by atoms with Crippen LogP contribution in [0.5, 0.6) is 5.88 Å². The molecule has 0 bridgehead atoms. The number of nitrogens with one attached hydrogen (secondary N) is 1. The molecule has 0 saturated carbocycles. The van der Waals surface area contributed by atoms with E-state index < -0.39 is 0 Å². The Morgan fingerprint density at radius 2 is 2.53 bits per heavy atom. The fraction of sp³-hybridized carbons (Fsp3) is 0.583. The van der Waals surface area contributed by atoms with Gasteiger partial charge in [-0.15, -0.1) is 0 Å². The van der Waals surface area contributed by atoms with E-state index in [1.807, 2.05) is 13.1 Å². The topological polar surface area (TPSA) is 43.4 Å². The van der Waals surface area contributed by atoms with Crippen molar-refractivity contribution in [2.75, 3.05) is 26.9 Å². The Morgan fingerprint density at radius 3 is 3.24 bits per heavy atom. The van der Waals surface area contributed by atoms with Gasteiger partial charge >= 0.3 is 0 Å². The third-order valence-electron chi connectivity index (χ3n) is 2.77. The van der Waals surface area contributed by atoms with E-state index >= 15 is 0 Å². The second-order valence-corrected chi connectivity index (χ2v) is 4.59. The van der Waals surface area contributed by atoms with Crippen LogP contribution in [0.1, 0.15) is 12.0 Å². The highest BCUT2D eigenvalue weighted by atomic mass is 35.5. The van der Waals surface area contributed by atoms with Crippen molar-refractivity contribution in [2.45, 2.75) is 13.0 Å². The highest BCUT2D eigenvalue weighted by molar-refractivity contribution is 6.31. The summed E-state index contributed by atoms with van der Waals surface area (Å²) in [5, 5.41) is 3.72. The lowest BCUT2D eigenvalue weighted by atomic mass is 10.1. The first-order chi connectivity index (χ1) is 8.29. The highest BCUT2D eigenvalue weighted by Gasteiger charge is 2.16. The normalized spacial score (nSPS) is 19.5. The molecular weight excluding hydrogens is 240 g/mol. The molecule has 2 rings (SSSR count). The summed E-state index contributed by atoms with van der Waals surface area (Å²) < 4.78 is 10.9. The number of hydrogen-bond acceptors (Lipinski definition) is 4. The summed E-state index contributed by atoms with van der Waals surface area (Å²) in [7, 11) is 1.88. The van der Waals surface area contributed by atoms with E-state index in [0.717, 1.165) is 25.2 Å². The molecule has 0 amide bonds. The summed E-state index contributed by atoms with van der Waals surface area (Å²) >= 11 is 6.02. The third-order valence-corrected chi connectivity index (χ3v) is 3.11. The molecule has 1 aliphatic heterocycles. The van der Waals surface area contributed by atoms with Crippen LogP contribution in [0, 0.1) is 5.92 Å². The zero-order chi connectivity index (χ0) is 12.1. The summed E-state index contributed by atoms with van der Waals surface area (Å²) in [6.45, 7) is 3.00. The van der Waals surface area contributed by atoms with E-state index in [9.17, 15) is 0 Å². The van der Waals surface area contributed by atoms with E-state index in [0.29, 0.717) is 30.0 Å². The van der Waals surface area contributed by atoms with Crippen molar-refractivity contribution in [1.29, 1.82) is 0 Å². The van der Waals surface area contributed by atoms with Gasteiger partial charge in [-0.3, -0.25) is 0 Å². The second-order valence-electron chi connectivity index (χ2n) is 4.18. The predicted molar refractivity (Wildman–Crippen MR) is 66.4 cm³/mol. The van der Waals surface area contributed by atoms with E-state index in [4.69, 9.17) is 21.1 Å². The average molecular weight is 257 g/mol. The smallest absolute Gasteiger partial charge is 0.213 e. The molecule has 0 aromatic carbocycles. The summed E-state index contributed by atoms with van der Waals surface area (Å²) in [6.07, 6.45) is 2.70. The summed E-state index contributed by atoms with van der Waals surface area (Å²) in [6, 6.07) is 1.88. The lowest BCUT2D eigenvalue weighted by Gasteiger charge is -2.11. The Morgan fingerprint density at radius 1 is 1.65 bits per heavy atom. The average Bonchev–Trinajstić information content (AvgIpc) is 2.83. The van der Waals surface area contributed by atoms with Crippen molar-refractivity contribution >= 4 is 11.6 Å². The molecule has 1 fully saturated rings. The molecule has 0 aliphatic carbocycles. The molecule has 17 heavy (non-hydrogen) atoms. The van der Waals surface area contributed by atoms with Crippen molar-refractivity contribution in [2.24, 2.45) is 5.92 Å². The van der Waals surface area contributed by atoms with Crippen LogP contribution in [0.15, 0.2) is 12.3 Å². The van der Waals surface area contributed by atoms with Gasteiger partial charge in [0.05, 0.1) is 18.2 Å². The molecule has 1 atom stereocenters. The van der Waals surface area contributed by atoms with Gasteiger partial charge in [-0.1, -0.05) is 11.6 Å². The van der Waals surface area contributed by atoms with Gasteiger partial charge in [0.25, 0.3) is 0 Å². The van der Waals surface area contributed by atoms with Crippen molar-refractivity contribution in [3.63, 3.8) is 0 Å². The molecule has 4 nitrogen and oxygen atoms in total. The molecule has 5 heteroatoms. The zero-order valence-corrected chi connectivity index (χ0v) is 10.7. The first-order valence-electron chi connectivity index (χ1n) is 5.79. The van der Waals surface area contributed by atoms with Crippen molar-refractivity contribution in [3.05, 3.63) is 22.8 Å². The minimum atomic E-state index is 0.486. The quantitative estimate of drug-likeness (QED) is 0.874. The molecule has 1 N–H and O–H groups in total. The Labute approximate surface area is 106 Å². The molecular formula is C12H17ClN2O2. The number of rotatable bonds is 5. The van der Waals surface area contributed by atoms with E-state index in [2.05, 4.69) is 10.3 Å². The van der Waals surface area contributed by atoms with Gasteiger partial charge < -0.3 is 14.8 Å². The van der Waals surface area contributed by atoms with Gasteiger partial charge in [0.2, 0.25) is 5.88 Å². The molecule has 1 aliphatic rings. The molecule has 1 saturated heterocycles. The standard InChI is InChI=1S/C12H17ClN2O2/c1-14-5-10-4-12(15-6-11(10)13)17-8-9-2-3-16-7-9/h4,6,9,14H,2-3,5,7-8H2,1H3. The van der Waals surface area contributed by atoms with Crippen LogP contribution in [0.3, 0.4) is 0 Å². The molecule has 1 aromatic heterocycles. The summed E-state index contributed by atoms with van der Waals surface area (Å²) in [5.74, 6) is 1.12.